The molecule has 0 aromatic heterocycles. The van der Waals surface area contributed by atoms with E-state index < -0.39 is 6.10 Å². The van der Waals surface area contributed by atoms with E-state index in [1.807, 2.05) is 13.8 Å². The molecular weight excluding hydrogens is 316 g/mol. The summed E-state index contributed by atoms with van der Waals surface area (Å²) in [6.45, 7) is 3.75. The van der Waals surface area contributed by atoms with E-state index in [0.29, 0.717) is 27.8 Å². The molecule has 1 heterocycles. The molecule has 2 aromatic rings. The fraction of sp³-hybridized carbons (Fsp3) is 0.278. The molecule has 120 valence electrons. The standard InChI is InChI=1S/C18H17ClO4/c1-9-15(21-3)10(2)17-13(16(9)22-4)14(20)18(23-17)11-5-7-12(19)8-6-11/h5-8,18H,1-4H3. The summed E-state index contributed by atoms with van der Waals surface area (Å²) in [6.07, 6.45) is -0.693. The van der Waals surface area contributed by atoms with Crippen LogP contribution in [0.5, 0.6) is 17.2 Å². The first-order valence-corrected chi connectivity index (χ1v) is 7.58. The van der Waals surface area contributed by atoms with Gasteiger partial charge in [0.1, 0.15) is 22.8 Å². The molecule has 4 nitrogen and oxygen atoms in total. The predicted molar refractivity (Wildman–Crippen MR) is 88.2 cm³/mol. The number of fused-ring (bicyclic) bond motifs is 1. The van der Waals surface area contributed by atoms with Gasteiger partial charge in [0.2, 0.25) is 5.78 Å². The Morgan fingerprint density at radius 3 is 2.17 bits per heavy atom. The van der Waals surface area contributed by atoms with Gasteiger partial charge in [-0.3, -0.25) is 4.79 Å². The second-order valence-corrected chi connectivity index (χ2v) is 5.87. The van der Waals surface area contributed by atoms with Crippen molar-refractivity contribution in [3.8, 4) is 17.2 Å². The molecule has 1 unspecified atom stereocenters. The fourth-order valence-corrected chi connectivity index (χ4v) is 3.18. The number of rotatable bonds is 3. The summed E-state index contributed by atoms with van der Waals surface area (Å²) in [5.41, 5.74) is 2.82. The van der Waals surface area contributed by atoms with Crippen LogP contribution in [0.25, 0.3) is 0 Å². The molecule has 0 bridgehead atoms. The van der Waals surface area contributed by atoms with Crippen LogP contribution in [-0.2, 0) is 0 Å². The smallest absolute Gasteiger partial charge is 0.215 e. The first-order valence-electron chi connectivity index (χ1n) is 7.21. The van der Waals surface area contributed by atoms with Gasteiger partial charge in [-0.2, -0.15) is 0 Å². The normalized spacial score (nSPS) is 16.0. The molecular formula is C18H17ClO4. The van der Waals surface area contributed by atoms with Crippen molar-refractivity contribution in [1.82, 2.24) is 0 Å². The molecule has 1 aliphatic heterocycles. The van der Waals surface area contributed by atoms with Crippen LogP contribution in [0.1, 0.15) is 33.2 Å². The maximum Gasteiger partial charge on any atom is 0.215 e. The third-order valence-corrected chi connectivity index (χ3v) is 4.37. The van der Waals surface area contributed by atoms with Crippen LogP contribution in [-0.4, -0.2) is 20.0 Å². The van der Waals surface area contributed by atoms with Gasteiger partial charge in [-0.15, -0.1) is 0 Å². The lowest BCUT2D eigenvalue weighted by Gasteiger charge is -2.16. The van der Waals surface area contributed by atoms with Crippen molar-refractivity contribution in [1.29, 1.82) is 0 Å². The molecule has 0 spiro atoms. The van der Waals surface area contributed by atoms with Crippen molar-refractivity contribution in [3.63, 3.8) is 0 Å². The van der Waals surface area contributed by atoms with E-state index >= 15 is 0 Å². The zero-order valence-corrected chi connectivity index (χ0v) is 14.2. The maximum atomic E-state index is 12.9. The van der Waals surface area contributed by atoms with Crippen LogP contribution in [0.4, 0.5) is 0 Å². The quantitative estimate of drug-likeness (QED) is 0.841. The molecule has 23 heavy (non-hydrogen) atoms. The second kappa shape index (κ2) is 5.78. The zero-order chi connectivity index (χ0) is 16.7. The van der Waals surface area contributed by atoms with Crippen LogP contribution in [0.3, 0.4) is 0 Å². The predicted octanol–water partition coefficient (Wildman–Crippen LogP) is 4.29. The molecule has 2 aromatic carbocycles. The minimum atomic E-state index is -0.693. The Balaban J connectivity index is 2.15. The monoisotopic (exact) mass is 332 g/mol. The molecule has 0 aliphatic carbocycles. The first kappa shape index (κ1) is 15.7. The van der Waals surface area contributed by atoms with E-state index in [0.717, 1.165) is 16.7 Å². The lowest BCUT2D eigenvalue weighted by atomic mass is 9.97. The number of ketones is 1. The summed E-state index contributed by atoms with van der Waals surface area (Å²) < 4.78 is 16.9. The summed E-state index contributed by atoms with van der Waals surface area (Å²) in [5, 5.41) is 0.614. The van der Waals surface area contributed by atoms with Gasteiger partial charge in [0.25, 0.3) is 0 Å². The van der Waals surface area contributed by atoms with Crippen molar-refractivity contribution in [2.24, 2.45) is 0 Å². The number of Topliss-reactive ketones (excluding diaryl/α,β-unsaturated/α-hetero) is 1. The highest BCUT2D eigenvalue weighted by atomic mass is 35.5. The van der Waals surface area contributed by atoms with E-state index in [-0.39, 0.29) is 5.78 Å². The summed E-state index contributed by atoms with van der Waals surface area (Å²) in [7, 11) is 3.13. The van der Waals surface area contributed by atoms with Crippen LogP contribution in [0, 0.1) is 13.8 Å². The Bertz CT molecular complexity index is 781. The zero-order valence-electron chi connectivity index (χ0n) is 13.4. The average Bonchev–Trinajstić information content (AvgIpc) is 2.87. The highest BCUT2D eigenvalue weighted by Gasteiger charge is 2.39. The highest BCUT2D eigenvalue weighted by Crippen LogP contribution is 2.49. The van der Waals surface area contributed by atoms with Crippen molar-refractivity contribution >= 4 is 17.4 Å². The van der Waals surface area contributed by atoms with Gasteiger partial charge in [0.15, 0.2) is 6.10 Å². The average molecular weight is 333 g/mol. The largest absolute Gasteiger partial charge is 0.496 e. The van der Waals surface area contributed by atoms with Gasteiger partial charge in [-0.05, 0) is 26.0 Å². The van der Waals surface area contributed by atoms with Crippen molar-refractivity contribution in [3.05, 3.63) is 51.5 Å². The molecule has 0 radical (unpaired) electrons. The number of benzene rings is 2. The number of hydrogen-bond donors (Lipinski definition) is 0. The molecule has 1 atom stereocenters. The lowest BCUT2D eigenvalue weighted by Crippen LogP contribution is -2.11. The molecule has 0 amide bonds. The van der Waals surface area contributed by atoms with Crippen molar-refractivity contribution < 1.29 is 19.0 Å². The van der Waals surface area contributed by atoms with Gasteiger partial charge in [-0.1, -0.05) is 23.7 Å². The van der Waals surface area contributed by atoms with E-state index in [1.54, 1.807) is 38.5 Å². The molecule has 1 aliphatic rings. The van der Waals surface area contributed by atoms with Gasteiger partial charge < -0.3 is 14.2 Å². The maximum absolute atomic E-state index is 12.9. The number of halogens is 1. The van der Waals surface area contributed by atoms with E-state index in [4.69, 9.17) is 25.8 Å². The van der Waals surface area contributed by atoms with E-state index in [1.165, 1.54) is 0 Å². The Labute approximate surface area is 139 Å². The number of hydrogen-bond acceptors (Lipinski definition) is 4. The van der Waals surface area contributed by atoms with E-state index in [2.05, 4.69) is 0 Å². The van der Waals surface area contributed by atoms with Crippen molar-refractivity contribution in [2.75, 3.05) is 14.2 Å². The number of methoxy groups -OCH3 is 2. The minimum absolute atomic E-state index is 0.118. The second-order valence-electron chi connectivity index (χ2n) is 5.43. The SMILES string of the molecule is COc1c(C)c(OC)c2c(c1C)OC(c1ccc(Cl)cc1)C2=O. The third-order valence-electron chi connectivity index (χ3n) is 4.12. The van der Waals surface area contributed by atoms with Crippen LogP contribution >= 0.6 is 11.6 Å². The number of ether oxygens (including phenoxy) is 3. The first-order chi connectivity index (χ1) is 11.0. The van der Waals surface area contributed by atoms with E-state index in [9.17, 15) is 4.79 Å². The molecule has 0 saturated carbocycles. The summed E-state index contributed by atoms with van der Waals surface area (Å²) in [4.78, 5) is 12.9. The summed E-state index contributed by atoms with van der Waals surface area (Å²) >= 11 is 5.91. The number of carbonyl (C=O) groups is 1. The number of carbonyl (C=O) groups excluding carboxylic acids is 1. The molecule has 0 saturated heterocycles. The summed E-state index contributed by atoms with van der Waals surface area (Å²) in [5.74, 6) is 1.58. The molecule has 3 rings (SSSR count). The lowest BCUT2D eigenvalue weighted by molar-refractivity contribution is 0.0856. The molecule has 0 fully saturated rings. The van der Waals surface area contributed by atoms with Gasteiger partial charge in [0, 0.05) is 21.7 Å². The van der Waals surface area contributed by atoms with Crippen LogP contribution in [0.2, 0.25) is 5.02 Å². The topological polar surface area (TPSA) is 44.8 Å². The Hall–Kier alpha value is -2.20. The van der Waals surface area contributed by atoms with Gasteiger partial charge >= 0.3 is 0 Å². The third kappa shape index (κ3) is 2.34. The van der Waals surface area contributed by atoms with Gasteiger partial charge in [-0.25, -0.2) is 0 Å². The Morgan fingerprint density at radius 1 is 1.00 bits per heavy atom. The van der Waals surface area contributed by atoms with Crippen LogP contribution in [0.15, 0.2) is 24.3 Å². The Kier molecular flexibility index (Phi) is 3.94. The highest BCUT2D eigenvalue weighted by molar-refractivity contribution is 6.30. The van der Waals surface area contributed by atoms with Gasteiger partial charge in [0.05, 0.1) is 14.2 Å². The minimum Gasteiger partial charge on any atom is -0.496 e. The fourth-order valence-electron chi connectivity index (χ4n) is 3.06. The molecule has 0 N–H and O–H groups in total. The molecule has 5 heteroatoms. The van der Waals surface area contributed by atoms with Crippen LogP contribution < -0.4 is 14.2 Å². The van der Waals surface area contributed by atoms with Crippen molar-refractivity contribution in [2.45, 2.75) is 20.0 Å². The Morgan fingerprint density at radius 2 is 1.61 bits per heavy atom. The summed E-state index contributed by atoms with van der Waals surface area (Å²) in [6, 6.07) is 7.07.